The van der Waals surface area contributed by atoms with Gasteiger partial charge in [-0.25, -0.2) is 4.98 Å². The van der Waals surface area contributed by atoms with Crippen molar-refractivity contribution in [1.82, 2.24) is 15.3 Å². The van der Waals surface area contributed by atoms with Crippen LogP contribution in [0.3, 0.4) is 0 Å². The van der Waals surface area contributed by atoms with Crippen molar-refractivity contribution < 1.29 is 0 Å². The second-order valence-corrected chi connectivity index (χ2v) is 10.1. The standard InChI is InChI=1S/C27H36N6S/c1-18(2)21-9-5-7-11-23(21)31-27(34)28-17-19-13-15-20(16-14-19)29-26-30-24-12-8-6-10-22(24)25(32-26)33(3)4/h5-12,18-20H,13-17H2,1-4H3,(H2,28,31,34)(H,29,30,32)/t19-,20+. The number of hydrogen-bond acceptors (Lipinski definition) is 5. The number of anilines is 3. The lowest BCUT2D eigenvalue weighted by molar-refractivity contribution is 0.336. The minimum Gasteiger partial charge on any atom is -0.362 e. The summed E-state index contributed by atoms with van der Waals surface area (Å²) < 4.78 is 0. The molecule has 1 aliphatic rings. The number of rotatable bonds is 7. The molecule has 1 aliphatic carbocycles. The van der Waals surface area contributed by atoms with Crippen LogP contribution < -0.4 is 20.9 Å². The lowest BCUT2D eigenvalue weighted by atomic mass is 9.86. The third-order valence-corrected chi connectivity index (χ3v) is 6.82. The molecule has 0 atom stereocenters. The van der Waals surface area contributed by atoms with Gasteiger partial charge in [-0.1, -0.05) is 44.2 Å². The fourth-order valence-electron chi connectivity index (χ4n) is 4.68. The van der Waals surface area contributed by atoms with Gasteiger partial charge in [0.1, 0.15) is 5.82 Å². The molecule has 0 bridgehead atoms. The second kappa shape index (κ2) is 11.0. The van der Waals surface area contributed by atoms with Crippen LogP contribution in [0, 0.1) is 5.92 Å². The van der Waals surface area contributed by atoms with Crippen molar-refractivity contribution >= 4 is 45.7 Å². The largest absolute Gasteiger partial charge is 0.362 e. The number of para-hydroxylation sites is 2. The zero-order chi connectivity index (χ0) is 24.1. The van der Waals surface area contributed by atoms with Gasteiger partial charge in [-0.3, -0.25) is 0 Å². The van der Waals surface area contributed by atoms with E-state index >= 15 is 0 Å². The number of hydrogen-bond donors (Lipinski definition) is 3. The maximum atomic E-state index is 5.58. The van der Waals surface area contributed by atoms with Gasteiger partial charge >= 0.3 is 0 Å². The lowest BCUT2D eigenvalue weighted by Gasteiger charge is -2.30. The molecule has 1 aromatic heterocycles. The first-order chi connectivity index (χ1) is 16.4. The summed E-state index contributed by atoms with van der Waals surface area (Å²) in [5.41, 5.74) is 3.35. The Balaban J connectivity index is 1.28. The van der Waals surface area contributed by atoms with Gasteiger partial charge in [0.05, 0.1) is 5.52 Å². The van der Waals surface area contributed by atoms with E-state index in [2.05, 4.69) is 54.1 Å². The maximum absolute atomic E-state index is 5.58. The predicted molar refractivity (Wildman–Crippen MR) is 148 cm³/mol. The highest BCUT2D eigenvalue weighted by atomic mass is 32.1. The molecule has 3 aromatic rings. The topological polar surface area (TPSA) is 65.1 Å². The zero-order valence-electron chi connectivity index (χ0n) is 20.6. The van der Waals surface area contributed by atoms with E-state index in [1.54, 1.807) is 0 Å². The van der Waals surface area contributed by atoms with Gasteiger partial charge < -0.3 is 20.9 Å². The maximum Gasteiger partial charge on any atom is 0.225 e. The van der Waals surface area contributed by atoms with Gasteiger partial charge in [-0.2, -0.15) is 4.98 Å². The molecule has 0 amide bonds. The molecular weight excluding hydrogens is 440 g/mol. The van der Waals surface area contributed by atoms with Crippen LogP contribution in [0.15, 0.2) is 48.5 Å². The number of aromatic nitrogens is 2. The van der Waals surface area contributed by atoms with Crippen LogP contribution in [0.25, 0.3) is 10.9 Å². The van der Waals surface area contributed by atoms with E-state index < -0.39 is 0 Å². The van der Waals surface area contributed by atoms with Crippen molar-refractivity contribution in [3.8, 4) is 0 Å². The van der Waals surface area contributed by atoms with Crippen LogP contribution in [0.4, 0.5) is 17.5 Å². The highest BCUT2D eigenvalue weighted by molar-refractivity contribution is 7.80. The van der Waals surface area contributed by atoms with Crippen LogP contribution in [-0.2, 0) is 0 Å². The zero-order valence-corrected chi connectivity index (χ0v) is 21.5. The average Bonchev–Trinajstić information content (AvgIpc) is 2.83. The van der Waals surface area contributed by atoms with Gasteiger partial charge in [-0.05, 0) is 73.5 Å². The monoisotopic (exact) mass is 476 g/mol. The molecule has 0 radical (unpaired) electrons. The van der Waals surface area contributed by atoms with Gasteiger partial charge in [0, 0.05) is 37.8 Å². The van der Waals surface area contributed by atoms with Crippen LogP contribution in [-0.4, -0.2) is 41.8 Å². The molecule has 6 nitrogen and oxygen atoms in total. The fraction of sp³-hybridized carbons (Fsp3) is 0.444. The van der Waals surface area contributed by atoms with Crippen molar-refractivity contribution in [2.24, 2.45) is 5.92 Å². The molecular formula is C27H36N6S. The molecule has 0 spiro atoms. The second-order valence-electron chi connectivity index (χ2n) is 9.72. The Morgan fingerprint density at radius 2 is 1.71 bits per heavy atom. The summed E-state index contributed by atoms with van der Waals surface area (Å²) in [6.45, 7) is 5.31. The Hall–Kier alpha value is -2.93. The first-order valence-corrected chi connectivity index (χ1v) is 12.7. The Labute approximate surface area is 208 Å². The van der Waals surface area contributed by atoms with Crippen molar-refractivity contribution in [2.45, 2.75) is 51.5 Å². The Morgan fingerprint density at radius 3 is 2.44 bits per heavy atom. The van der Waals surface area contributed by atoms with E-state index in [-0.39, 0.29) is 0 Å². The first kappa shape index (κ1) is 24.2. The van der Waals surface area contributed by atoms with Crippen LogP contribution in [0.2, 0.25) is 0 Å². The van der Waals surface area contributed by atoms with Crippen LogP contribution in [0.5, 0.6) is 0 Å². The number of thiocarbonyl (C=S) groups is 1. The SMILES string of the molecule is CC(C)c1ccccc1NC(=S)NC[C@H]1CC[C@@H](Nc2nc(N(C)C)c3ccccc3n2)CC1. The van der Waals surface area contributed by atoms with Crippen LogP contribution >= 0.6 is 12.2 Å². The van der Waals surface area contributed by atoms with Gasteiger partial charge in [0.2, 0.25) is 5.95 Å². The van der Waals surface area contributed by atoms with E-state index in [9.17, 15) is 0 Å². The Kier molecular flexibility index (Phi) is 7.83. The highest BCUT2D eigenvalue weighted by Crippen LogP contribution is 2.28. The van der Waals surface area contributed by atoms with Gasteiger partial charge in [0.15, 0.2) is 5.11 Å². The molecule has 2 aromatic carbocycles. The number of benzene rings is 2. The molecule has 1 heterocycles. The van der Waals surface area contributed by atoms with Crippen molar-refractivity contribution in [2.75, 3.05) is 36.2 Å². The molecule has 0 saturated heterocycles. The van der Waals surface area contributed by atoms with E-state index in [0.717, 1.165) is 60.6 Å². The Morgan fingerprint density at radius 1 is 1.00 bits per heavy atom. The Bertz CT molecular complexity index is 1120. The summed E-state index contributed by atoms with van der Waals surface area (Å²) >= 11 is 5.58. The van der Waals surface area contributed by atoms with E-state index in [0.29, 0.717) is 23.0 Å². The number of nitrogens with one attached hydrogen (secondary N) is 3. The van der Waals surface area contributed by atoms with Crippen molar-refractivity contribution in [3.05, 3.63) is 54.1 Å². The summed E-state index contributed by atoms with van der Waals surface area (Å²) in [4.78, 5) is 11.6. The lowest BCUT2D eigenvalue weighted by Crippen LogP contribution is -2.36. The van der Waals surface area contributed by atoms with E-state index in [4.69, 9.17) is 22.2 Å². The third-order valence-electron chi connectivity index (χ3n) is 6.57. The molecule has 7 heteroatoms. The van der Waals surface area contributed by atoms with Crippen LogP contribution in [0.1, 0.15) is 51.0 Å². The van der Waals surface area contributed by atoms with Crippen molar-refractivity contribution in [3.63, 3.8) is 0 Å². The normalized spacial score (nSPS) is 18.0. The van der Waals surface area contributed by atoms with Crippen molar-refractivity contribution in [1.29, 1.82) is 0 Å². The number of nitrogens with zero attached hydrogens (tertiary/aromatic N) is 3. The average molecular weight is 477 g/mol. The molecule has 0 aliphatic heterocycles. The summed E-state index contributed by atoms with van der Waals surface area (Å²) in [7, 11) is 4.05. The third kappa shape index (κ3) is 5.95. The van der Waals surface area contributed by atoms with E-state index in [1.165, 1.54) is 5.56 Å². The summed E-state index contributed by atoms with van der Waals surface area (Å²) in [6, 6.07) is 17.0. The minimum absolute atomic E-state index is 0.399. The fourth-order valence-corrected chi connectivity index (χ4v) is 4.87. The summed E-state index contributed by atoms with van der Waals surface area (Å²) in [5, 5.41) is 12.2. The minimum atomic E-state index is 0.399. The molecule has 0 unspecified atom stereocenters. The van der Waals surface area contributed by atoms with Gasteiger partial charge in [-0.15, -0.1) is 0 Å². The molecule has 3 N–H and O–H groups in total. The summed E-state index contributed by atoms with van der Waals surface area (Å²) in [5.74, 6) is 2.74. The molecule has 180 valence electrons. The summed E-state index contributed by atoms with van der Waals surface area (Å²) in [6.07, 6.45) is 4.53. The molecule has 1 fully saturated rings. The quantitative estimate of drug-likeness (QED) is 0.374. The molecule has 4 rings (SSSR count). The van der Waals surface area contributed by atoms with Gasteiger partial charge in [0.25, 0.3) is 0 Å². The molecule has 1 saturated carbocycles. The number of fused-ring (bicyclic) bond motifs is 1. The predicted octanol–water partition coefficient (Wildman–Crippen LogP) is 5.78. The first-order valence-electron chi connectivity index (χ1n) is 12.2. The molecule has 34 heavy (non-hydrogen) atoms. The smallest absolute Gasteiger partial charge is 0.225 e. The highest BCUT2D eigenvalue weighted by Gasteiger charge is 2.22. The van der Waals surface area contributed by atoms with E-state index in [1.807, 2.05) is 43.3 Å².